The van der Waals surface area contributed by atoms with Gasteiger partial charge in [-0.15, -0.1) is 0 Å². The number of fused-ring (bicyclic) bond motifs is 1. The van der Waals surface area contributed by atoms with Crippen LogP contribution in [0.2, 0.25) is 0 Å². The zero-order valence-corrected chi connectivity index (χ0v) is 33.5. The minimum atomic E-state index is -0.917. The van der Waals surface area contributed by atoms with Crippen molar-refractivity contribution >= 4 is 34.8 Å². The lowest BCUT2D eigenvalue weighted by Crippen LogP contribution is -2.54. The summed E-state index contributed by atoms with van der Waals surface area (Å²) in [5.74, 6) is 6.77. The number of ether oxygens (including phenoxy) is 3. The van der Waals surface area contributed by atoms with Crippen molar-refractivity contribution in [2.45, 2.75) is 83.1 Å². The fraction of sp³-hybridized carbons (Fsp3) is 0.452. The number of hydrogen-bond acceptors (Lipinski definition) is 10. The highest BCUT2D eigenvalue weighted by Crippen LogP contribution is 2.34. The van der Waals surface area contributed by atoms with Crippen molar-refractivity contribution in [3.8, 4) is 29.2 Å². The lowest BCUT2D eigenvalue weighted by atomic mass is 9.97. The molecular weight excluding hydrogens is 743 g/mol. The van der Waals surface area contributed by atoms with Crippen LogP contribution >= 0.6 is 0 Å². The predicted octanol–water partition coefficient (Wildman–Crippen LogP) is 5.08. The third kappa shape index (κ3) is 8.77. The molecule has 2 aliphatic heterocycles. The second-order valence-electron chi connectivity index (χ2n) is 14.6. The van der Waals surface area contributed by atoms with Crippen LogP contribution in [0.3, 0.4) is 0 Å². The maximum Gasteiger partial charge on any atom is 0.407 e. The van der Waals surface area contributed by atoms with E-state index in [1.165, 1.54) is 21.3 Å². The van der Waals surface area contributed by atoms with E-state index in [2.05, 4.69) is 48.5 Å². The Morgan fingerprint density at radius 3 is 2.12 bits per heavy atom. The first kappa shape index (κ1) is 41.2. The number of imidazole rings is 2. The number of alkyl carbamates (subject to hydrolysis) is 2. The quantitative estimate of drug-likeness (QED) is 0.148. The minimum absolute atomic E-state index is 0.122. The number of nitrogens with zero attached hydrogens (tertiary/aromatic N) is 5. The predicted molar refractivity (Wildman–Crippen MR) is 213 cm³/mol. The number of rotatable bonds is 11. The van der Waals surface area contributed by atoms with E-state index >= 15 is 0 Å². The number of aromatic nitrogens is 4. The average Bonchev–Trinajstić information content (AvgIpc) is 4.09. The van der Waals surface area contributed by atoms with Gasteiger partial charge in [0.1, 0.15) is 35.5 Å². The molecule has 0 spiro atoms. The van der Waals surface area contributed by atoms with Gasteiger partial charge in [-0.3, -0.25) is 9.59 Å². The summed E-state index contributed by atoms with van der Waals surface area (Å²) >= 11 is 0. The van der Waals surface area contributed by atoms with E-state index in [-0.39, 0.29) is 29.5 Å². The average molecular weight is 792 g/mol. The van der Waals surface area contributed by atoms with E-state index in [4.69, 9.17) is 14.2 Å². The van der Waals surface area contributed by atoms with E-state index in [9.17, 15) is 24.4 Å². The van der Waals surface area contributed by atoms with Crippen LogP contribution in [0.1, 0.15) is 93.6 Å². The lowest BCUT2D eigenvalue weighted by molar-refractivity contribution is -0.137. The molecule has 0 saturated carbocycles. The Morgan fingerprint density at radius 2 is 1.48 bits per heavy atom. The molecule has 2 aliphatic rings. The van der Waals surface area contributed by atoms with E-state index < -0.39 is 36.4 Å². The molecule has 2 aromatic heterocycles. The molecule has 0 unspecified atom stereocenters. The number of nitrogens with one attached hydrogen (secondary N) is 4. The molecule has 2 saturated heterocycles. The van der Waals surface area contributed by atoms with Crippen molar-refractivity contribution in [1.82, 2.24) is 40.4 Å². The van der Waals surface area contributed by atoms with E-state index in [0.717, 1.165) is 46.9 Å². The maximum absolute atomic E-state index is 13.7. The van der Waals surface area contributed by atoms with Gasteiger partial charge in [-0.1, -0.05) is 44.4 Å². The summed E-state index contributed by atoms with van der Waals surface area (Å²) in [6.45, 7) is 6.60. The highest BCUT2D eigenvalue weighted by atomic mass is 16.5. The third-order valence-electron chi connectivity index (χ3n) is 11.1. The van der Waals surface area contributed by atoms with Gasteiger partial charge in [0, 0.05) is 31.3 Å². The highest BCUT2D eigenvalue weighted by Gasteiger charge is 2.40. The molecular formula is C42H49N9O7. The second kappa shape index (κ2) is 18.3. The van der Waals surface area contributed by atoms with Gasteiger partial charge >= 0.3 is 12.2 Å². The van der Waals surface area contributed by atoms with Gasteiger partial charge in [-0.2, -0.15) is 5.26 Å². The van der Waals surface area contributed by atoms with Gasteiger partial charge in [0.25, 0.3) is 0 Å². The molecule has 4 N–H and O–H groups in total. The van der Waals surface area contributed by atoms with Crippen LogP contribution in [0.25, 0.3) is 22.0 Å². The summed E-state index contributed by atoms with van der Waals surface area (Å²) in [6.07, 6.45) is 3.40. The van der Waals surface area contributed by atoms with E-state index in [1.54, 1.807) is 22.9 Å². The summed E-state index contributed by atoms with van der Waals surface area (Å²) in [4.78, 5) is 70.7. The maximum atomic E-state index is 13.7. The van der Waals surface area contributed by atoms with Crippen LogP contribution in [0, 0.1) is 29.1 Å². The summed E-state index contributed by atoms with van der Waals surface area (Å²) in [5.41, 5.74) is 2.95. The highest BCUT2D eigenvalue weighted by molar-refractivity contribution is 5.89. The topological polar surface area (TPSA) is 208 Å². The number of carbonyl (C=O) groups excluding carboxylic acids is 4. The minimum Gasteiger partial charge on any atom is -0.453 e. The largest absolute Gasteiger partial charge is 0.453 e. The number of likely N-dealkylation sites (tertiary alicyclic amines) is 2. The molecule has 2 fully saturated rings. The van der Waals surface area contributed by atoms with Gasteiger partial charge in [-0.25, -0.2) is 19.6 Å². The third-order valence-corrected chi connectivity index (χ3v) is 11.1. The van der Waals surface area contributed by atoms with Crippen LogP contribution in [0.5, 0.6) is 0 Å². The first-order valence-electron chi connectivity index (χ1n) is 19.4. The Bertz CT molecular complexity index is 2270. The number of carbonyl (C=O) groups is 4. The SMILES string of the molecule is CC[C@H](C)[C@H](NC(=O)OC)C(=O)N1CCC[C@H]1c1nc(C#N)c(C#Cc2ccc3cc(-c4cnc([C@@H]5CCCN5C(=O)[C@@H](NC(=O)OC)[C@@H](C)OC)[nH]4)ccc3c2)[nH]1. The van der Waals surface area contributed by atoms with Crippen molar-refractivity contribution < 1.29 is 33.4 Å². The van der Waals surface area contributed by atoms with Gasteiger partial charge in [0.05, 0.1) is 44.3 Å². The molecule has 4 amide bonds. The molecule has 58 heavy (non-hydrogen) atoms. The number of H-pyrrole nitrogens is 2. The normalized spacial score (nSPS) is 18.4. The Balaban J connectivity index is 1.17. The smallest absolute Gasteiger partial charge is 0.407 e. The van der Waals surface area contributed by atoms with Crippen molar-refractivity contribution in [3.05, 3.63) is 71.2 Å². The van der Waals surface area contributed by atoms with Gasteiger partial charge in [0.2, 0.25) is 11.8 Å². The number of methoxy groups -OCH3 is 3. The fourth-order valence-electron chi connectivity index (χ4n) is 7.56. The Morgan fingerprint density at radius 1 is 0.862 bits per heavy atom. The zero-order chi connectivity index (χ0) is 41.5. The van der Waals surface area contributed by atoms with Crippen molar-refractivity contribution in [2.75, 3.05) is 34.4 Å². The number of aromatic amines is 2. The second-order valence-corrected chi connectivity index (χ2v) is 14.6. The summed E-state index contributed by atoms with van der Waals surface area (Å²) < 4.78 is 14.9. The summed E-state index contributed by atoms with van der Waals surface area (Å²) in [6, 6.07) is 11.7. The van der Waals surface area contributed by atoms with E-state index in [0.29, 0.717) is 43.3 Å². The lowest BCUT2D eigenvalue weighted by Gasteiger charge is -2.30. The fourth-order valence-corrected chi connectivity index (χ4v) is 7.56. The van der Waals surface area contributed by atoms with Crippen LogP contribution in [-0.4, -0.2) is 106 Å². The molecule has 16 nitrogen and oxygen atoms in total. The Kier molecular flexibility index (Phi) is 13.0. The first-order chi connectivity index (χ1) is 28.0. The van der Waals surface area contributed by atoms with Gasteiger partial charge < -0.3 is 44.6 Å². The van der Waals surface area contributed by atoms with E-state index in [1.807, 2.05) is 50.2 Å². The molecule has 6 atom stereocenters. The molecule has 304 valence electrons. The van der Waals surface area contributed by atoms with Gasteiger partial charge in [-0.05, 0) is 73.4 Å². The summed E-state index contributed by atoms with van der Waals surface area (Å²) in [7, 11) is 4.00. The standard InChI is InChI=1S/C42H49N9O7/c1-7-24(2)35(48-41(54)57-5)39(52)51-19-9-11-34(51)38-45-30(31(22-43)46-38)17-13-26-12-14-28-21-29(16-15-27(28)20-26)32-23-44-37(47-32)33-10-8-18-50(33)40(53)36(25(3)56-4)49-42(55)58-6/h12,14-16,20-21,23-25,33-36H,7-11,18-19H2,1-6H3,(H,44,47)(H,45,46)(H,48,54)(H,49,55)/t24-,25+,33-,34-,35-,36-/m0/s1. The van der Waals surface area contributed by atoms with Crippen LogP contribution in [0.4, 0.5) is 9.59 Å². The monoisotopic (exact) mass is 791 g/mol. The molecule has 0 bridgehead atoms. The van der Waals surface area contributed by atoms with Crippen molar-refractivity contribution in [1.29, 1.82) is 5.26 Å². The summed E-state index contributed by atoms with van der Waals surface area (Å²) in [5, 5.41) is 17.2. The Hall–Kier alpha value is -6.39. The van der Waals surface area contributed by atoms with Crippen molar-refractivity contribution in [3.63, 3.8) is 0 Å². The van der Waals surface area contributed by atoms with Crippen molar-refractivity contribution in [2.24, 2.45) is 5.92 Å². The number of amides is 4. The number of nitriles is 1. The van der Waals surface area contributed by atoms with Crippen LogP contribution in [0.15, 0.2) is 42.6 Å². The molecule has 0 aliphatic carbocycles. The zero-order valence-electron chi connectivity index (χ0n) is 33.5. The molecule has 16 heteroatoms. The molecule has 4 heterocycles. The number of hydrogen-bond donors (Lipinski definition) is 4. The molecule has 4 aromatic rings. The van der Waals surface area contributed by atoms with Crippen LogP contribution in [-0.2, 0) is 23.8 Å². The Labute approximate surface area is 337 Å². The first-order valence-corrected chi connectivity index (χ1v) is 19.4. The molecule has 6 rings (SSSR count). The van der Waals surface area contributed by atoms with Crippen LogP contribution < -0.4 is 10.6 Å². The molecule has 0 radical (unpaired) electrons. The number of benzene rings is 2. The molecule has 2 aromatic carbocycles. The van der Waals surface area contributed by atoms with Gasteiger partial charge in [0.15, 0.2) is 5.69 Å².